The Morgan fingerprint density at radius 1 is 1.12 bits per heavy atom. The van der Waals surface area contributed by atoms with Gasteiger partial charge in [-0.2, -0.15) is 0 Å². The van der Waals surface area contributed by atoms with Crippen LogP contribution in [-0.4, -0.2) is 41.0 Å². The number of rotatable bonds is 4. The van der Waals surface area contributed by atoms with Gasteiger partial charge in [0.25, 0.3) is 0 Å². The average Bonchev–Trinajstić information content (AvgIpc) is 2.94. The van der Waals surface area contributed by atoms with Crippen molar-refractivity contribution in [2.24, 2.45) is 5.92 Å². The Morgan fingerprint density at radius 3 is 2.40 bits per heavy atom. The number of hydrogen-bond acceptors (Lipinski definition) is 4. The van der Waals surface area contributed by atoms with E-state index in [2.05, 4.69) is 10.5 Å². The van der Waals surface area contributed by atoms with E-state index >= 15 is 0 Å². The van der Waals surface area contributed by atoms with E-state index in [9.17, 15) is 9.59 Å². The number of carbonyl (C=O) groups excluding carboxylic acids is 2. The molecule has 1 aromatic heterocycles. The van der Waals surface area contributed by atoms with E-state index in [1.807, 2.05) is 18.7 Å². The average molecular weight is 347 g/mol. The fourth-order valence-electron chi connectivity index (χ4n) is 4.05. The molecular weight excluding hydrogens is 318 g/mol. The number of piperidine rings is 1. The van der Waals surface area contributed by atoms with Crippen molar-refractivity contribution in [3.8, 4) is 0 Å². The highest BCUT2D eigenvalue weighted by atomic mass is 16.5. The van der Waals surface area contributed by atoms with Crippen molar-refractivity contribution in [1.82, 2.24) is 15.4 Å². The summed E-state index contributed by atoms with van der Waals surface area (Å²) in [5.74, 6) is 1.28. The van der Waals surface area contributed by atoms with E-state index in [1.54, 1.807) is 0 Å². The first-order chi connectivity index (χ1) is 12.0. The Hall–Kier alpha value is -1.85. The number of amides is 2. The lowest BCUT2D eigenvalue weighted by Gasteiger charge is -2.35. The van der Waals surface area contributed by atoms with Gasteiger partial charge in [-0.15, -0.1) is 0 Å². The predicted molar refractivity (Wildman–Crippen MR) is 94.0 cm³/mol. The van der Waals surface area contributed by atoms with E-state index in [4.69, 9.17) is 4.52 Å². The quantitative estimate of drug-likeness (QED) is 0.908. The minimum absolute atomic E-state index is 0.00598. The third-order valence-corrected chi connectivity index (χ3v) is 5.64. The maximum atomic E-state index is 12.6. The number of aryl methyl sites for hydroxylation is 2. The summed E-state index contributed by atoms with van der Waals surface area (Å²) in [7, 11) is 0. The summed E-state index contributed by atoms with van der Waals surface area (Å²) in [6, 6.07) is 0.156. The van der Waals surface area contributed by atoms with Crippen molar-refractivity contribution in [3.63, 3.8) is 0 Å². The summed E-state index contributed by atoms with van der Waals surface area (Å²) in [5, 5.41) is 6.99. The van der Waals surface area contributed by atoms with Crippen molar-refractivity contribution in [2.45, 2.75) is 71.3 Å². The van der Waals surface area contributed by atoms with Crippen LogP contribution in [0.25, 0.3) is 0 Å². The molecule has 2 fully saturated rings. The number of nitrogens with zero attached hydrogens (tertiary/aromatic N) is 2. The maximum Gasteiger partial charge on any atom is 0.225 e. The lowest BCUT2D eigenvalue weighted by atomic mass is 9.87. The first kappa shape index (κ1) is 18.0. The fraction of sp³-hybridized carbons (Fsp3) is 0.737. The Bertz CT molecular complexity index is 592. The second-order valence-corrected chi connectivity index (χ2v) is 7.48. The van der Waals surface area contributed by atoms with Crippen LogP contribution in [0.4, 0.5) is 0 Å². The molecule has 0 atom stereocenters. The summed E-state index contributed by atoms with van der Waals surface area (Å²) in [6.07, 6.45) is 7.72. The van der Waals surface area contributed by atoms with Gasteiger partial charge in [0.15, 0.2) is 0 Å². The zero-order valence-electron chi connectivity index (χ0n) is 15.3. The normalized spacial score (nSPS) is 19.8. The predicted octanol–water partition coefficient (Wildman–Crippen LogP) is 2.52. The van der Waals surface area contributed by atoms with Crippen LogP contribution >= 0.6 is 0 Å². The summed E-state index contributed by atoms with van der Waals surface area (Å²) in [5.41, 5.74) is 1.66. The third kappa shape index (κ3) is 4.41. The van der Waals surface area contributed by atoms with Gasteiger partial charge in [0.05, 0.1) is 12.1 Å². The minimum atomic E-state index is 0.00598. The molecule has 1 aromatic rings. The van der Waals surface area contributed by atoms with Gasteiger partial charge in [-0.05, 0) is 39.5 Å². The molecule has 1 saturated carbocycles. The van der Waals surface area contributed by atoms with Crippen LogP contribution in [0.15, 0.2) is 4.52 Å². The van der Waals surface area contributed by atoms with Gasteiger partial charge < -0.3 is 14.7 Å². The van der Waals surface area contributed by atoms with Gasteiger partial charge >= 0.3 is 0 Å². The van der Waals surface area contributed by atoms with E-state index in [1.165, 1.54) is 19.3 Å². The zero-order chi connectivity index (χ0) is 17.8. The highest BCUT2D eigenvalue weighted by molar-refractivity contribution is 5.80. The first-order valence-corrected chi connectivity index (χ1v) is 9.54. The molecule has 1 aliphatic heterocycles. The number of carbonyl (C=O) groups is 2. The molecule has 2 aliphatic rings. The molecule has 1 N–H and O–H groups in total. The monoisotopic (exact) mass is 347 g/mol. The minimum Gasteiger partial charge on any atom is -0.361 e. The molecule has 6 nitrogen and oxygen atoms in total. The van der Waals surface area contributed by atoms with Crippen LogP contribution in [0.2, 0.25) is 0 Å². The topological polar surface area (TPSA) is 75.4 Å². The summed E-state index contributed by atoms with van der Waals surface area (Å²) in [6.45, 7) is 5.20. The van der Waals surface area contributed by atoms with Crippen molar-refractivity contribution >= 4 is 11.8 Å². The van der Waals surface area contributed by atoms with Gasteiger partial charge in [-0.1, -0.05) is 24.4 Å². The van der Waals surface area contributed by atoms with Gasteiger partial charge in [-0.25, -0.2) is 0 Å². The van der Waals surface area contributed by atoms with Crippen LogP contribution in [0.3, 0.4) is 0 Å². The summed E-state index contributed by atoms with van der Waals surface area (Å²) >= 11 is 0. The SMILES string of the molecule is Cc1noc(C)c1CC(=O)NC1CCN(C(=O)C2CCCCC2)CC1. The van der Waals surface area contributed by atoms with Crippen molar-refractivity contribution in [1.29, 1.82) is 0 Å². The van der Waals surface area contributed by atoms with E-state index < -0.39 is 0 Å². The molecule has 0 aromatic carbocycles. The van der Waals surface area contributed by atoms with Crippen LogP contribution in [0.5, 0.6) is 0 Å². The van der Waals surface area contributed by atoms with E-state index in [-0.39, 0.29) is 17.9 Å². The van der Waals surface area contributed by atoms with Crippen LogP contribution in [-0.2, 0) is 16.0 Å². The van der Waals surface area contributed by atoms with Crippen LogP contribution in [0, 0.1) is 19.8 Å². The standard InChI is InChI=1S/C19H29N3O3/c1-13-17(14(2)25-21-13)12-18(23)20-16-8-10-22(11-9-16)19(24)15-6-4-3-5-7-15/h15-16H,3-12H2,1-2H3,(H,20,23). The Kier molecular flexibility index (Phi) is 5.76. The number of aromatic nitrogens is 1. The third-order valence-electron chi connectivity index (χ3n) is 5.64. The second-order valence-electron chi connectivity index (χ2n) is 7.48. The molecule has 0 bridgehead atoms. The molecule has 3 rings (SSSR count). The Balaban J connectivity index is 1.44. The Labute approximate surface area is 149 Å². The molecule has 25 heavy (non-hydrogen) atoms. The molecule has 0 radical (unpaired) electrons. The molecule has 6 heteroatoms. The van der Waals surface area contributed by atoms with Crippen LogP contribution < -0.4 is 5.32 Å². The molecule has 0 unspecified atom stereocenters. The highest BCUT2D eigenvalue weighted by Gasteiger charge is 2.29. The molecule has 1 aliphatic carbocycles. The number of hydrogen-bond donors (Lipinski definition) is 1. The number of likely N-dealkylation sites (tertiary alicyclic amines) is 1. The van der Waals surface area contributed by atoms with Crippen molar-refractivity contribution in [3.05, 3.63) is 17.0 Å². The molecule has 138 valence electrons. The fourth-order valence-corrected chi connectivity index (χ4v) is 4.05. The van der Waals surface area contributed by atoms with E-state index in [0.717, 1.165) is 50.0 Å². The smallest absolute Gasteiger partial charge is 0.225 e. The lowest BCUT2D eigenvalue weighted by Crippen LogP contribution is -2.48. The van der Waals surface area contributed by atoms with Crippen molar-refractivity contribution in [2.75, 3.05) is 13.1 Å². The molecule has 0 spiro atoms. The lowest BCUT2D eigenvalue weighted by molar-refractivity contribution is -0.137. The summed E-state index contributed by atoms with van der Waals surface area (Å²) < 4.78 is 5.11. The van der Waals surface area contributed by atoms with Gasteiger partial charge in [0.2, 0.25) is 11.8 Å². The highest BCUT2D eigenvalue weighted by Crippen LogP contribution is 2.26. The van der Waals surface area contributed by atoms with Gasteiger partial charge in [-0.3, -0.25) is 9.59 Å². The first-order valence-electron chi connectivity index (χ1n) is 9.54. The molecular formula is C19H29N3O3. The van der Waals surface area contributed by atoms with Crippen LogP contribution in [0.1, 0.15) is 62.0 Å². The summed E-state index contributed by atoms with van der Waals surface area (Å²) in [4.78, 5) is 26.9. The molecule has 2 amide bonds. The second kappa shape index (κ2) is 8.02. The number of nitrogens with one attached hydrogen (secondary N) is 1. The molecule has 1 saturated heterocycles. The maximum absolute atomic E-state index is 12.6. The van der Waals surface area contributed by atoms with Crippen molar-refractivity contribution < 1.29 is 14.1 Å². The van der Waals surface area contributed by atoms with Gasteiger partial charge in [0, 0.05) is 30.6 Å². The van der Waals surface area contributed by atoms with E-state index in [0.29, 0.717) is 18.1 Å². The van der Waals surface area contributed by atoms with Gasteiger partial charge in [0.1, 0.15) is 5.76 Å². The largest absolute Gasteiger partial charge is 0.361 e. The Morgan fingerprint density at radius 2 is 1.80 bits per heavy atom. The molecule has 2 heterocycles. The zero-order valence-corrected chi connectivity index (χ0v) is 15.3.